The predicted octanol–water partition coefficient (Wildman–Crippen LogP) is 0.274. The number of carbonyl (C=O) groups is 1. The topological polar surface area (TPSA) is 53.6 Å². The fraction of sp³-hybridized carbons (Fsp3) is 0.909. The lowest BCUT2D eigenvalue weighted by Crippen LogP contribution is -2.42. The predicted molar refractivity (Wildman–Crippen MR) is 63.5 cm³/mol. The maximum Gasteiger partial charge on any atom is 0.314 e. The second kappa shape index (κ2) is 7.46. The molecule has 1 aliphatic rings. The lowest BCUT2D eigenvalue weighted by Gasteiger charge is -2.28. The Bertz CT molecular complexity index is 203. The molecule has 0 unspecified atom stereocenters. The van der Waals surface area contributed by atoms with Crippen LogP contribution in [0.25, 0.3) is 0 Å². The molecule has 94 valence electrons. The van der Waals surface area contributed by atoms with Crippen molar-refractivity contribution in [1.29, 1.82) is 0 Å². The minimum absolute atomic E-state index is 0.0871. The van der Waals surface area contributed by atoms with E-state index in [9.17, 15) is 4.79 Å². The zero-order valence-electron chi connectivity index (χ0n) is 10.3. The highest BCUT2D eigenvalue weighted by atomic mass is 16.5. The number of nitrogens with one attached hydrogen (secondary N) is 2. The van der Waals surface area contributed by atoms with Crippen LogP contribution in [0.1, 0.15) is 12.8 Å². The van der Waals surface area contributed by atoms with Crippen LogP contribution in [0.2, 0.25) is 0 Å². The van der Waals surface area contributed by atoms with Crippen LogP contribution in [0.3, 0.4) is 0 Å². The Balaban J connectivity index is 2.03. The van der Waals surface area contributed by atoms with Crippen molar-refractivity contribution in [2.75, 3.05) is 46.9 Å². The van der Waals surface area contributed by atoms with Gasteiger partial charge in [0.15, 0.2) is 0 Å². The molecule has 0 saturated carbocycles. The Morgan fingerprint density at radius 2 is 2.06 bits per heavy atom. The first-order valence-corrected chi connectivity index (χ1v) is 5.91. The van der Waals surface area contributed by atoms with E-state index in [1.807, 2.05) is 0 Å². The van der Waals surface area contributed by atoms with Crippen molar-refractivity contribution < 1.29 is 9.53 Å². The Kier molecular flexibility index (Phi) is 6.18. The lowest BCUT2D eigenvalue weighted by atomic mass is 9.97. The van der Waals surface area contributed by atoms with Crippen LogP contribution in [-0.4, -0.2) is 57.9 Å². The summed E-state index contributed by atoms with van der Waals surface area (Å²) in [5, 5.41) is 5.65. The molecule has 0 atom stereocenters. The molecule has 5 heteroatoms. The Morgan fingerprint density at radius 1 is 1.38 bits per heavy atom. The van der Waals surface area contributed by atoms with Gasteiger partial charge >= 0.3 is 6.03 Å². The van der Waals surface area contributed by atoms with Gasteiger partial charge in [0.2, 0.25) is 0 Å². The summed E-state index contributed by atoms with van der Waals surface area (Å²) in [7, 11) is 3.76. The first-order valence-electron chi connectivity index (χ1n) is 5.91. The van der Waals surface area contributed by atoms with E-state index in [1.165, 1.54) is 12.8 Å². The minimum atomic E-state index is -0.0871. The van der Waals surface area contributed by atoms with Crippen molar-refractivity contribution in [2.24, 2.45) is 5.92 Å². The Morgan fingerprint density at radius 3 is 2.69 bits per heavy atom. The van der Waals surface area contributed by atoms with Crippen molar-refractivity contribution >= 4 is 6.03 Å². The number of ether oxygens (including phenoxy) is 1. The number of carbonyl (C=O) groups excluding carboxylic acids is 1. The maximum absolute atomic E-state index is 11.3. The van der Waals surface area contributed by atoms with Crippen LogP contribution < -0.4 is 10.6 Å². The molecule has 0 aromatic carbocycles. The van der Waals surface area contributed by atoms with Gasteiger partial charge < -0.3 is 20.3 Å². The highest BCUT2D eigenvalue weighted by molar-refractivity contribution is 5.73. The fourth-order valence-corrected chi connectivity index (χ4v) is 1.83. The SMILES string of the molecule is COCCNC(=O)NCC1CCN(C)CC1. The van der Waals surface area contributed by atoms with E-state index in [-0.39, 0.29) is 6.03 Å². The smallest absolute Gasteiger partial charge is 0.314 e. The van der Waals surface area contributed by atoms with Crippen LogP contribution >= 0.6 is 0 Å². The van der Waals surface area contributed by atoms with Crippen molar-refractivity contribution in [3.63, 3.8) is 0 Å². The molecule has 16 heavy (non-hydrogen) atoms. The fourth-order valence-electron chi connectivity index (χ4n) is 1.83. The molecule has 0 aromatic rings. The summed E-state index contributed by atoms with van der Waals surface area (Å²) in [5.74, 6) is 0.629. The van der Waals surface area contributed by atoms with Gasteiger partial charge in [-0.15, -0.1) is 0 Å². The number of nitrogens with zero attached hydrogens (tertiary/aromatic N) is 1. The zero-order valence-corrected chi connectivity index (χ0v) is 10.3. The average molecular weight is 229 g/mol. The van der Waals surface area contributed by atoms with E-state index in [1.54, 1.807) is 7.11 Å². The summed E-state index contributed by atoms with van der Waals surface area (Å²) in [6.45, 7) is 4.18. The largest absolute Gasteiger partial charge is 0.383 e. The zero-order chi connectivity index (χ0) is 11.8. The summed E-state index contributed by atoms with van der Waals surface area (Å²) < 4.78 is 4.85. The standard InChI is InChI=1S/C11H23N3O2/c1-14-6-3-10(4-7-14)9-13-11(15)12-5-8-16-2/h10H,3-9H2,1-2H3,(H2,12,13,15). The molecular weight excluding hydrogens is 206 g/mol. The van der Waals surface area contributed by atoms with Crippen LogP contribution in [0.4, 0.5) is 4.79 Å². The van der Waals surface area contributed by atoms with Gasteiger partial charge in [-0.1, -0.05) is 0 Å². The molecule has 2 N–H and O–H groups in total. The minimum Gasteiger partial charge on any atom is -0.383 e. The van der Waals surface area contributed by atoms with E-state index < -0.39 is 0 Å². The average Bonchev–Trinajstić information content (AvgIpc) is 2.29. The van der Waals surface area contributed by atoms with Gasteiger partial charge in [0.25, 0.3) is 0 Å². The van der Waals surface area contributed by atoms with Crippen molar-refractivity contribution in [1.82, 2.24) is 15.5 Å². The molecule has 1 rings (SSSR count). The van der Waals surface area contributed by atoms with Crippen LogP contribution in [-0.2, 0) is 4.74 Å². The number of amides is 2. The van der Waals surface area contributed by atoms with E-state index in [0.29, 0.717) is 19.1 Å². The normalized spacial score (nSPS) is 18.4. The highest BCUT2D eigenvalue weighted by Gasteiger charge is 2.16. The Hall–Kier alpha value is -0.810. The third-order valence-corrected chi connectivity index (χ3v) is 2.98. The number of piperidine rings is 1. The number of methoxy groups -OCH3 is 1. The van der Waals surface area contributed by atoms with Crippen LogP contribution in [0.5, 0.6) is 0 Å². The van der Waals surface area contributed by atoms with E-state index in [2.05, 4.69) is 22.6 Å². The molecule has 0 radical (unpaired) electrons. The van der Waals surface area contributed by atoms with Gasteiger partial charge in [0.1, 0.15) is 0 Å². The summed E-state index contributed by atoms with van der Waals surface area (Å²) in [6.07, 6.45) is 2.35. The molecule has 1 fully saturated rings. The molecule has 0 bridgehead atoms. The molecule has 5 nitrogen and oxygen atoms in total. The summed E-state index contributed by atoms with van der Waals surface area (Å²) in [4.78, 5) is 13.7. The molecule has 1 heterocycles. The number of hydrogen-bond donors (Lipinski definition) is 2. The summed E-state index contributed by atoms with van der Waals surface area (Å²) in [6, 6.07) is -0.0871. The second-order valence-electron chi connectivity index (χ2n) is 4.38. The molecule has 0 aromatic heterocycles. The molecular formula is C11H23N3O2. The third-order valence-electron chi connectivity index (χ3n) is 2.98. The maximum atomic E-state index is 11.3. The molecule has 1 aliphatic heterocycles. The number of rotatable bonds is 5. The first kappa shape index (κ1) is 13.3. The van der Waals surface area contributed by atoms with Crippen molar-refractivity contribution in [3.05, 3.63) is 0 Å². The van der Waals surface area contributed by atoms with E-state index in [4.69, 9.17) is 4.74 Å². The van der Waals surface area contributed by atoms with Gasteiger partial charge in [-0.25, -0.2) is 4.79 Å². The summed E-state index contributed by atoms with van der Waals surface area (Å²) in [5.41, 5.74) is 0. The van der Waals surface area contributed by atoms with Crippen molar-refractivity contribution in [3.8, 4) is 0 Å². The van der Waals surface area contributed by atoms with Gasteiger partial charge in [-0.3, -0.25) is 0 Å². The molecule has 1 saturated heterocycles. The number of hydrogen-bond acceptors (Lipinski definition) is 3. The Labute approximate surface area is 97.5 Å². The summed E-state index contributed by atoms with van der Waals surface area (Å²) >= 11 is 0. The molecule has 0 aliphatic carbocycles. The van der Waals surface area contributed by atoms with E-state index >= 15 is 0 Å². The molecule has 2 amide bonds. The van der Waals surface area contributed by atoms with Gasteiger partial charge in [0, 0.05) is 20.2 Å². The van der Waals surface area contributed by atoms with E-state index in [0.717, 1.165) is 19.6 Å². The number of likely N-dealkylation sites (tertiary alicyclic amines) is 1. The first-order chi connectivity index (χ1) is 7.72. The lowest BCUT2D eigenvalue weighted by molar-refractivity contribution is 0.192. The van der Waals surface area contributed by atoms with Gasteiger partial charge in [-0.05, 0) is 38.9 Å². The monoisotopic (exact) mass is 229 g/mol. The number of urea groups is 1. The quantitative estimate of drug-likeness (QED) is 0.666. The van der Waals surface area contributed by atoms with Gasteiger partial charge in [-0.2, -0.15) is 0 Å². The van der Waals surface area contributed by atoms with Crippen LogP contribution in [0.15, 0.2) is 0 Å². The molecule has 0 spiro atoms. The van der Waals surface area contributed by atoms with Crippen LogP contribution in [0, 0.1) is 5.92 Å². The van der Waals surface area contributed by atoms with Crippen molar-refractivity contribution in [2.45, 2.75) is 12.8 Å². The highest BCUT2D eigenvalue weighted by Crippen LogP contribution is 2.14. The second-order valence-corrected chi connectivity index (χ2v) is 4.38. The third kappa shape index (κ3) is 5.32. The van der Waals surface area contributed by atoms with Gasteiger partial charge in [0.05, 0.1) is 6.61 Å².